The fourth-order valence-corrected chi connectivity index (χ4v) is 5.53. The molecule has 3 aromatic rings. The third-order valence-electron chi connectivity index (χ3n) is 7.74. The lowest BCUT2D eigenvalue weighted by Gasteiger charge is -2.35. The standard InChI is InChI=1S/C31H28ClF4N7O2/c1-17-3-2-4-25(43-10-8-18(12-26(43)44)27-21(31(34,35)36)5-6-22(32)28(27)33)23-11-19(7-9-40-23)29(37)24(42-30(17)45)15-41-20-13-38-16-39-14-20/h5-7,9,11-17,25,37,41H,2-4,8,10H2,1H3,(H,42,45)/b24-15+,37-29?. The summed E-state index contributed by atoms with van der Waals surface area (Å²) in [6, 6.07) is 4.18. The average Bonchev–Trinajstić information content (AvgIpc) is 3.02. The van der Waals surface area contributed by atoms with Crippen LogP contribution >= 0.6 is 11.6 Å². The number of nitrogens with one attached hydrogen (secondary N) is 3. The molecule has 2 unspecified atom stereocenters. The van der Waals surface area contributed by atoms with Crippen molar-refractivity contribution in [3.05, 3.63) is 100 Å². The lowest BCUT2D eigenvalue weighted by Crippen LogP contribution is -2.38. The minimum absolute atomic E-state index is 0.00774. The van der Waals surface area contributed by atoms with Crippen molar-refractivity contribution in [1.82, 2.24) is 25.2 Å². The van der Waals surface area contributed by atoms with E-state index in [2.05, 4.69) is 25.6 Å². The maximum atomic E-state index is 15.0. The number of amides is 2. The van der Waals surface area contributed by atoms with Crippen LogP contribution in [0.1, 0.15) is 61.0 Å². The second kappa shape index (κ2) is 13.1. The van der Waals surface area contributed by atoms with Gasteiger partial charge in [0.1, 0.15) is 12.1 Å². The Morgan fingerprint density at radius 3 is 2.62 bits per heavy atom. The van der Waals surface area contributed by atoms with Crippen LogP contribution in [0.15, 0.2) is 67.2 Å². The number of rotatable bonds is 4. The van der Waals surface area contributed by atoms with E-state index in [0.717, 1.165) is 12.1 Å². The molecule has 2 atom stereocenters. The van der Waals surface area contributed by atoms with Crippen LogP contribution in [-0.2, 0) is 15.8 Å². The van der Waals surface area contributed by atoms with Crippen LogP contribution in [0.25, 0.3) is 5.57 Å². The second-order valence-electron chi connectivity index (χ2n) is 10.7. The fraction of sp³-hybridized carbons (Fsp3) is 0.290. The summed E-state index contributed by atoms with van der Waals surface area (Å²) in [5.41, 5.74) is -0.453. The first-order valence-corrected chi connectivity index (χ1v) is 14.5. The molecule has 0 saturated carbocycles. The molecule has 0 aliphatic carbocycles. The third kappa shape index (κ3) is 7.03. The summed E-state index contributed by atoms with van der Waals surface area (Å²) in [5.74, 6) is -2.58. The van der Waals surface area contributed by atoms with Crippen molar-refractivity contribution in [2.75, 3.05) is 11.9 Å². The van der Waals surface area contributed by atoms with E-state index in [-0.39, 0.29) is 35.9 Å². The van der Waals surface area contributed by atoms with E-state index in [1.807, 2.05) is 0 Å². The zero-order chi connectivity index (χ0) is 32.3. The molecular formula is C31H28ClF4N7O2. The number of nitrogens with zero attached hydrogens (tertiary/aromatic N) is 4. The van der Waals surface area contributed by atoms with Gasteiger partial charge in [-0.2, -0.15) is 13.2 Å². The molecule has 2 aliphatic heterocycles. The van der Waals surface area contributed by atoms with Crippen molar-refractivity contribution in [3.8, 4) is 0 Å². The van der Waals surface area contributed by atoms with Gasteiger partial charge < -0.3 is 15.5 Å². The Balaban J connectivity index is 1.49. The summed E-state index contributed by atoms with van der Waals surface area (Å²) in [4.78, 5) is 40.4. The summed E-state index contributed by atoms with van der Waals surface area (Å²) in [7, 11) is 0. The van der Waals surface area contributed by atoms with Gasteiger partial charge in [-0.15, -0.1) is 0 Å². The average molecular weight is 642 g/mol. The number of anilines is 1. The Kier molecular flexibility index (Phi) is 9.28. The zero-order valence-electron chi connectivity index (χ0n) is 24.0. The Hall–Kier alpha value is -4.65. The number of hydrogen-bond donors (Lipinski definition) is 3. The molecule has 2 bridgehead atoms. The number of alkyl halides is 3. The van der Waals surface area contributed by atoms with Crippen LogP contribution < -0.4 is 10.6 Å². The molecule has 0 fully saturated rings. The van der Waals surface area contributed by atoms with Crippen molar-refractivity contribution < 1.29 is 27.2 Å². The molecule has 4 heterocycles. The van der Waals surface area contributed by atoms with E-state index in [0.29, 0.717) is 42.3 Å². The highest BCUT2D eigenvalue weighted by molar-refractivity contribution is 6.31. The van der Waals surface area contributed by atoms with Crippen LogP contribution in [0.3, 0.4) is 0 Å². The van der Waals surface area contributed by atoms with Crippen molar-refractivity contribution in [1.29, 1.82) is 5.41 Å². The second-order valence-corrected chi connectivity index (χ2v) is 11.2. The van der Waals surface area contributed by atoms with Gasteiger partial charge in [0.15, 0.2) is 0 Å². The van der Waals surface area contributed by atoms with Gasteiger partial charge in [-0.05, 0) is 49.1 Å². The molecule has 2 aromatic heterocycles. The van der Waals surface area contributed by atoms with Crippen molar-refractivity contribution >= 4 is 40.4 Å². The molecule has 234 valence electrons. The minimum atomic E-state index is -4.86. The number of carbonyl (C=O) groups is 2. The van der Waals surface area contributed by atoms with E-state index in [1.54, 1.807) is 19.1 Å². The summed E-state index contributed by atoms with van der Waals surface area (Å²) >= 11 is 5.83. The van der Waals surface area contributed by atoms with E-state index in [1.165, 1.54) is 36.0 Å². The Morgan fingerprint density at radius 2 is 1.91 bits per heavy atom. The molecule has 0 saturated heterocycles. The molecule has 14 heteroatoms. The highest BCUT2D eigenvalue weighted by Crippen LogP contribution is 2.41. The molecule has 9 nitrogen and oxygen atoms in total. The molecule has 2 amide bonds. The van der Waals surface area contributed by atoms with Gasteiger partial charge in [0, 0.05) is 42.1 Å². The van der Waals surface area contributed by atoms with Gasteiger partial charge >= 0.3 is 6.18 Å². The van der Waals surface area contributed by atoms with E-state index < -0.39 is 46.0 Å². The quantitative estimate of drug-likeness (QED) is 0.288. The first kappa shape index (κ1) is 31.8. The predicted molar refractivity (Wildman–Crippen MR) is 159 cm³/mol. The maximum Gasteiger partial charge on any atom is 0.417 e. The van der Waals surface area contributed by atoms with Crippen molar-refractivity contribution in [2.45, 2.75) is 44.8 Å². The van der Waals surface area contributed by atoms with Gasteiger partial charge in [-0.3, -0.25) is 20.0 Å². The number of halogens is 5. The predicted octanol–water partition coefficient (Wildman–Crippen LogP) is 6.30. The summed E-state index contributed by atoms with van der Waals surface area (Å²) < 4.78 is 56.3. The van der Waals surface area contributed by atoms with Crippen LogP contribution in [0, 0.1) is 17.1 Å². The van der Waals surface area contributed by atoms with Crippen LogP contribution in [-0.4, -0.2) is 43.9 Å². The molecule has 0 spiro atoms. The normalized spacial score (nSPS) is 20.7. The molecule has 3 N–H and O–H groups in total. The summed E-state index contributed by atoms with van der Waals surface area (Å²) in [6.45, 7) is 1.75. The largest absolute Gasteiger partial charge is 0.417 e. The molecule has 0 radical (unpaired) electrons. The summed E-state index contributed by atoms with van der Waals surface area (Å²) in [5, 5.41) is 14.2. The maximum absolute atomic E-state index is 15.0. The van der Waals surface area contributed by atoms with Gasteiger partial charge in [0.05, 0.1) is 51.8 Å². The SMILES string of the molecule is CC1CCCC(N2CCC(c3c(C(F)(F)F)ccc(Cl)c3F)=CC2=O)c2cc(ccn2)C(=N)/C(=C\Nc2cncnc2)NC1=O. The van der Waals surface area contributed by atoms with Gasteiger partial charge in [0.2, 0.25) is 11.8 Å². The molecule has 2 aliphatic rings. The smallest absolute Gasteiger partial charge is 0.357 e. The number of hydrogen-bond acceptors (Lipinski definition) is 7. The molecular weight excluding hydrogens is 614 g/mol. The highest BCUT2D eigenvalue weighted by atomic mass is 35.5. The third-order valence-corrected chi connectivity index (χ3v) is 8.04. The van der Waals surface area contributed by atoms with Crippen molar-refractivity contribution in [3.63, 3.8) is 0 Å². The van der Waals surface area contributed by atoms with Crippen molar-refractivity contribution in [2.24, 2.45) is 5.92 Å². The molecule has 45 heavy (non-hydrogen) atoms. The van der Waals surface area contributed by atoms with E-state index >= 15 is 0 Å². The van der Waals surface area contributed by atoms with E-state index in [4.69, 9.17) is 17.0 Å². The number of fused-ring (bicyclic) bond motifs is 2. The Bertz CT molecular complexity index is 1690. The van der Waals surface area contributed by atoms with Crippen LogP contribution in [0.5, 0.6) is 0 Å². The number of carbonyl (C=O) groups excluding carboxylic acids is 2. The first-order chi connectivity index (χ1) is 21.4. The first-order valence-electron chi connectivity index (χ1n) is 14.1. The lowest BCUT2D eigenvalue weighted by molar-refractivity contribution is -0.138. The van der Waals surface area contributed by atoms with Gasteiger partial charge in [-0.1, -0.05) is 24.9 Å². The number of allylic oxidation sites excluding steroid dienone is 1. The van der Waals surface area contributed by atoms with Crippen LogP contribution in [0.4, 0.5) is 23.2 Å². The Morgan fingerprint density at radius 1 is 1.16 bits per heavy atom. The zero-order valence-corrected chi connectivity index (χ0v) is 24.7. The van der Waals surface area contributed by atoms with Gasteiger partial charge in [-0.25, -0.2) is 14.4 Å². The molecule has 1 aromatic carbocycles. The molecule has 5 rings (SSSR count). The topological polar surface area (TPSA) is 124 Å². The highest BCUT2D eigenvalue weighted by Gasteiger charge is 2.38. The number of benzene rings is 1. The van der Waals surface area contributed by atoms with Gasteiger partial charge in [0.25, 0.3) is 0 Å². The number of aromatic nitrogens is 3. The minimum Gasteiger partial charge on any atom is -0.357 e. The number of pyridine rings is 1. The Labute approximate surface area is 260 Å². The monoisotopic (exact) mass is 641 g/mol. The van der Waals surface area contributed by atoms with Crippen LogP contribution in [0.2, 0.25) is 5.02 Å². The fourth-order valence-electron chi connectivity index (χ4n) is 5.37. The van der Waals surface area contributed by atoms with E-state index in [9.17, 15) is 27.2 Å². The summed E-state index contributed by atoms with van der Waals surface area (Å²) in [6.07, 6.45) is 4.87. The lowest BCUT2D eigenvalue weighted by atomic mass is 9.91.